The van der Waals surface area contributed by atoms with E-state index >= 15 is 0 Å². The highest BCUT2D eigenvalue weighted by Crippen LogP contribution is 2.41. The summed E-state index contributed by atoms with van der Waals surface area (Å²) in [6.07, 6.45) is 4.44. The summed E-state index contributed by atoms with van der Waals surface area (Å²) in [5.74, 6) is 0.265. The van der Waals surface area contributed by atoms with Crippen molar-refractivity contribution < 1.29 is 22.7 Å². The summed E-state index contributed by atoms with van der Waals surface area (Å²) < 4.78 is 32.5. The topological polar surface area (TPSA) is 105 Å². The van der Waals surface area contributed by atoms with Crippen LogP contribution in [0.25, 0.3) is 0 Å². The van der Waals surface area contributed by atoms with E-state index in [0.29, 0.717) is 5.69 Å². The predicted molar refractivity (Wildman–Crippen MR) is 125 cm³/mol. The Kier molecular flexibility index (Phi) is 6.71. The first-order chi connectivity index (χ1) is 15.8. The van der Waals surface area contributed by atoms with Crippen molar-refractivity contribution in [1.82, 2.24) is 9.62 Å². The number of nitrogens with zero attached hydrogens (tertiary/aromatic N) is 1. The Morgan fingerprint density at radius 3 is 2.48 bits per heavy atom. The summed E-state index contributed by atoms with van der Waals surface area (Å²) >= 11 is 0. The molecule has 2 aliphatic rings. The van der Waals surface area contributed by atoms with Crippen molar-refractivity contribution in [3.8, 4) is 5.75 Å². The third kappa shape index (κ3) is 4.74. The van der Waals surface area contributed by atoms with Gasteiger partial charge < -0.3 is 15.4 Å². The maximum Gasteiger partial charge on any atom is 0.243 e. The molecule has 33 heavy (non-hydrogen) atoms. The van der Waals surface area contributed by atoms with Gasteiger partial charge in [0.1, 0.15) is 5.75 Å². The zero-order valence-electron chi connectivity index (χ0n) is 18.7. The monoisotopic (exact) mass is 471 g/mol. The van der Waals surface area contributed by atoms with Gasteiger partial charge in [-0.1, -0.05) is 37.5 Å². The SMILES string of the molecule is COc1ccc(C2(C(=O)Nc3cccc(S(=O)(=O)N4CCNC(=O)C4)c3)CCCCC2)cc1. The number of nitrogens with one attached hydrogen (secondary N) is 2. The molecule has 176 valence electrons. The molecule has 2 N–H and O–H groups in total. The summed E-state index contributed by atoms with van der Waals surface area (Å²) in [4.78, 5) is 25.3. The second-order valence-corrected chi connectivity index (χ2v) is 10.5. The Hall–Kier alpha value is -2.91. The van der Waals surface area contributed by atoms with Crippen molar-refractivity contribution in [2.24, 2.45) is 0 Å². The van der Waals surface area contributed by atoms with Crippen LogP contribution in [0.15, 0.2) is 53.4 Å². The van der Waals surface area contributed by atoms with E-state index < -0.39 is 15.4 Å². The molecule has 1 aliphatic carbocycles. The molecule has 2 aromatic rings. The second-order valence-electron chi connectivity index (χ2n) is 8.54. The van der Waals surface area contributed by atoms with Gasteiger partial charge in [-0.3, -0.25) is 9.59 Å². The minimum atomic E-state index is -3.85. The number of carbonyl (C=O) groups excluding carboxylic acids is 2. The highest BCUT2D eigenvalue weighted by molar-refractivity contribution is 7.89. The van der Waals surface area contributed by atoms with Gasteiger partial charge in [0.15, 0.2) is 0 Å². The summed E-state index contributed by atoms with van der Waals surface area (Å²) in [6, 6.07) is 13.8. The second kappa shape index (κ2) is 9.52. The number of hydrogen-bond donors (Lipinski definition) is 2. The molecule has 2 aromatic carbocycles. The van der Waals surface area contributed by atoms with E-state index in [1.165, 1.54) is 12.1 Å². The third-order valence-corrected chi connectivity index (χ3v) is 8.36. The molecular weight excluding hydrogens is 442 g/mol. The summed E-state index contributed by atoms with van der Waals surface area (Å²) in [7, 11) is -2.24. The van der Waals surface area contributed by atoms with Gasteiger partial charge in [0.05, 0.1) is 24.0 Å². The number of sulfonamides is 1. The van der Waals surface area contributed by atoms with Crippen molar-refractivity contribution in [2.75, 3.05) is 32.1 Å². The molecule has 9 heteroatoms. The van der Waals surface area contributed by atoms with Crippen LogP contribution in [0, 0.1) is 0 Å². The zero-order valence-corrected chi connectivity index (χ0v) is 19.5. The largest absolute Gasteiger partial charge is 0.497 e. The number of anilines is 1. The van der Waals surface area contributed by atoms with E-state index in [4.69, 9.17) is 4.74 Å². The Bertz CT molecular complexity index is 1130. The average molecular weight is 472 g/mol. The average Bonchev–Trinajstić information content (AvgIpc) is 2.84. The van der Waals surface area contributed by atoms with Crippen molar-refractivity contribution in [3.63, 3.8) is 0 Å². The van der Waals surface area contributed by atoms with Gasteiger partial charge in [-0.2, -0.15) is 4.31 Å². The van der Waals surface area contributed by atoms with Crippen LogP contribution in [0.3, 0.4) is 0 Å². The maximum absolute atomic E-state index is 13.6. The number of benzene rings is 2. The lowest BCUT2D eigenvalue weighted by molar-refractivity contribution is -0.123. The van der Waals surface area contributed by atoms with Gasteiger partial charge in [0, 0.05) is 18.8 Å². The van der Waals surface area contributed by atoms with Crippen LogP contribution in [0.2, 0.25) is 0 Å². The van der Waals surface area contributed by atoms with Crippen molar-refractivity contribution in [3.05, 3.63) is 54.1 Å². The molecule has 2 amide bonds. The molecule has 1 saturated carbocycles. The molecule has 0 radical (unpaired) electrons. The fraction of sp³-hybridized carbons (Fsp3) is 0.417. The fourth-order valence-corrected chi connectivity index (χ4v) is 6.11. The van der Waals surface area contributed by atoms with Gasteiger partial charge in [0.25, 0.3) is 0 Å². The first kappa shape index (κ1) is 23.3. The lowest BCUT2D eigenvalue weighted by Gasteiger charge is -2.36. The highest BCUT2D eigenvalue weighted by atomic mass is 32.2. The van der Waals surface area contributed by atoms with Crippen LogP contribution in [-0.2, 0) is 25.0 Å². The Morgan fingerprint density at radius 1 is 1.09 bits per heavy atom. The zero-order chi connectivity index (χ0) is 23.5. The molecule has 1 saturated heterocycles. The number of ether oxygens (including phenoxy) is 1. The molecule has 0 atom stereocenters. The van der Waals surface area contributed by atoms with Crippen LogP contribution in [0.5, 0.6) is 5.75 Å². The van der Waals surface area contributed by atoms with E-state index in [0.717, 1.165) is 47.7 Å². The van der Waals surface area contributed by atoms with Crippen LogP contribution in [-0.4, -0.2) is 51.3 Å². The van der Waals surface area contributed by atoms with Crippen LogP contribution in [0.4, 0.5) is 5.69 Å². The van der Waals surface area contributed by atoms with E-state index in [9.17, 15) is 18.0 Å². The molecule has 8 nitrogen and oxygen atoms in total. The number of hydrogen-bond acceptors (Lipinski definition) is 5. The van der Waals surface area contributed by atoms with Gasteiger partial charge in [-0.05, 0) is 48.7 Å². The standard InChI is InChI=1S/C24H29N3O5S/c1-32-20-10-8-18(9-11-20)24(12-3-2-4-13-24)23(29)26-19-6-5-7-21(16-19)33(30,31)27-15-14-25-22(28)17-27/h5-11,16H,2-4,12-15,17H2,1H3,(H,25,28)(H,26,29). The first-order valence-electron chi connectivity index (χ1n) is 11.2. The first-order valence-corrected chi connectivity index (χ1v) is 12.6. The molecule has 2 fully saturated rings. The van der Waals surface area contributed by atoms with E-state index in [1.54, 1.807) is 19.2 Å². The van der Waals surface area contributed by atoms with Gasteiger partial charge in [-0.15, -0.1) is 0 Å². The fourth-order valence-electron chi connectivity index (χ4n) is 4.67. The van der Waals surface area contributed by atoms with E-state index in [1.807, 2.05) is 24.3 Å². The number of amides is 2. The number of methoxy groups -OCH3 is 1. The lowest BCUT2D eigenvalue weighted by Crippen LogP contribution is -2.49. The third-order valence-electron chi connectivity index (χ3n) is 6.52. The molecule has 4 rings (SSSR count). The molecule has 1 aliphatic heterocycles. The van der Waals surface area contributed by atoms with E-state index in [2.05, 4.69) is 10.6 Å². The van der Waals surface area contributed by atoms with Crippen LogP contribution in [0.1, 0.15) is 37.7 Å². The molecule has 0 spiro atoms. The highest BCUT2D eigenvalue weighted by Gasteiger charge is 2.41. The normalized spacial score (nSPS) is 18.9. The maximum atomic E-state index is 13.6. The minimum Gasteiger partial charge on any atom is -0.497 e. The Balaban J connectivity index is 1.59. The van der Waals surface area contributed by atoms with Crippen LogP contribution >= 0.6 is 0 Å². The number of rotatable bonds is 6. The summed E-state index contributed by atoms with van der Waals surface area (Å²) in [5.41, 5.74) is 0.675. The van der Waals surface area contributed by atoms with Crippen molar-refractivity contribution in [2.45, 2.75) is 42.4 Å². The molecule has 0 bridgehead atoms. The number of carbonyl (C=O) groups is 2. The summed E-state index contributed by atoms with van der Waals surface area (Å²) in [5, 5.41) is 5.60. The Morgan fingerprint density at radius 2 is 1.82 bits per heavy atom. The van der Waals surface area contributed by atoms with Gasteiger partial charge >= 0.3 is 0 Å². The lowest BCUT2D eigenvalue weighted by atomic mass is 9.68. The quantitative estimate of drug-likeness (QED) is 0.674. The molecular formula is C24H29N3O5S. The predicted octanol–water partition coefficient (Wildman–Crippen LogP) is 2.66. The summed E-state index contributed by atoms with van der Waals surface area (Å²) in [6.45, 7) is 0.281. The molecule has 0 aromatic heterocycles. The van der Waals surface area contributed by atoms with E-state index in [-0.39, 0.29) is 36.3 Å². The minimum absolute atomic E-state index is 0.0529. The molecule has 0 unspecified atom stereocenters. The van der Waals surface area contributed by atoms with Crippen molar-refractivity contribution in [1.29, 1.82) is 0 Å². The van der Waals surface area contributed by atoms with Gasteiger partial charge in [0.2, 0.25) is 21.8 Å². The van der Waals surface area contributed by atoms with Crippen molar-refractivity contribution >= 4 is 27.5 Å². The van der Waals surface area contributed by atoms with Crippen LogP contribution < -0.4 is 15.4 Å². The number of piperazine rings is 1. The molecule has 1 heterocycles. The smallest absolute Gasteiger partial charge is 0.243 e. The van der Waals surface area contributed by atoms with Gasteiger partial charge in [-0.25, -0.2) is 8.42 Å². The Labute approximate surface area is 194 Å².